The topological polar surface area (TPSA) is 18.5 Å². The molecule has 0 atom stereocenters. The zero-order valence-corrected chi connectivity index (χ0v) is 16.0. The van der Waals surface area contributed by atoms with E-state index in [1.807, 2.05) is 58.0 Å². The van der Waals surface area contributed by atoms with Crippen LogP contribution >= 0.6 is 0 Å². The van der Waals surface area contributed by atoms with Gasteiger partial charge in [-0.15, -0.1) is 0 Å². The van der Waals surface area contributed by atoms with Crippen molar-refractivity contribution in [2.45, 2.75) is 66.6 Å². The summed E-state index contributed by atoms with van der Waals surface area (Å²) in [4.78, 5) is 0. The molecular formula is C22H32O2. The van der Waals surface area contributed by atoms with Gasteiger partial charge in [-0.2, -0.15) is 0 Å². The van der Waals surface area contributed by atoms with E-state index in [1.165, 1.54) is 24.0 Å². The van der Waals surface area contributed by atoms with Crippen LogP contribution in [0.4, 0.5) is 0 Å². The molecule has 0 saturated heterocycles. The summed E-state index contributed by atoms with van der Waals surface area (Å²) in [7, 11) is 0. The predicted molar refractivity (Wildman–Crippen MR) is 103 cm³/mol. The number of hydrogen-bond donors (Lipinski definition) is 0. The highest BCUT2D eigenvalue weighted by atomic mass is 16.5. The third-order valence-electron chi connectivity index (χ3n) is 3.18. The lowest BCUT2D eigenvalue weighted by molar-refractivity contribution is 0.242. The third kappa shape index (κ3) is 8.61. The molecule has 24 heavy (non-hydrogen) atoms. The van der Waals surface area contributed by atoms with Crippen molar-refractivity contribution in [3.05, 3.63) is 59.7 Å². The first-order valence-electron chi connectivity index (χ1n) is 8.99. The zero-order valence-electron chi connectivity index (χ0n) is 16.0. The molecule has 1 fully saturated rings. The molecule has 0 radical (unpaired) electrons. The minimum Gasteiger partial charge on any atom is -0.491 e. The first-order valence-corrected chi connectivity index (χ1v) is 8.99. The van der Waals surface area contributed by atoms with Crippen molar-refractivity contribution in [2.75, 3.05) is 0 Å². The molecule has 2 nitrogen and oxygen atoms in total. The molecule has 132 valence electrons. The van der Waals surface area contributed by atoms with Crippen LogP contribution in [0.25, 0.3) is 0 Å². The Bertz CT molecular complexity index is 541. The van der Waals surface area contributed by atoms with Gasteiger partial charge in [-0.25, -0.2) is 0 Å². The molecule has 0 amide bonds. The first-order chi connectivity index (χ1) is 11.5. The molecule has 0 N–H and O–H groups in total. The quantitative estimate of drug-likeness (QED) is 0.651. The van der Waals surface area contributed by atoms with Gasteiger partial charge in [0.05, 0.1) is 12.2 Å². The third-order valence-corrected chi connectivity index (χ3v) is 3.18. The van der Waals surface area contributed by atoms with Gasteiger partial charge in [0.2, 0.25) is 0 Å². The lowest BCUT2D eigenvalue weighted by atomic mass is 10.2. The molecule has 0 aliphatic heterocycles. The monoisotopic (exact) mass is 328 g/mol. The normalized spacial score (nSPS) is 12.5. The van der Waals surface area contributed by atoms with Crippen molar-refractivity contribution >= 4 is 0 Å². The molecule has 1 aliphatic carbocycles. The number of hydrogen-bond acceptors (Lipinski definition) is 2. The second-order valence-electron chi connectivity index (χ2n) is 6.12. The van der Waals surface area contributed by atoms with Gasteiger partial charge in [-0.1, -0.05) is 38.1 Å². The molecule has 0 heterocycles. The average Bonchev–Trinajstić information content (AvgIpc) is 3.33. The maximum atomic E-state index is 5.61. The van der Waals surface area contributed by atoms with Gasteiger partial charge in [-0.05, 0) is 75.9 Å². The maximum absolute atomic E-state index is 5.61. The van der Waals surface area contributed by atoms with Crippen LogP contribution in [0.1, 0.15) is 51.7 Å². The van der Waals surface area contributed by atoms with Gasteiger partial charge in [0, 0.05) is 0 Å². The van der Waals surface area contributed by atoms with E-state index in [1.54, 1.807) is 0 Å². The molecule has 2 aromatic rings. The lowest BCUT2D eigenvalue weighted by Crippen LogP contribution is -2.05. The Morgan fingerprint density at radius 3 is 1.79 bits per heavy atom. The number of ether oxygens (including phenoxy) is 2. The molecule has 0 bridgehead atoms. The summed E-state index contributed by atoms with van der Waals surface area (Å²) in [5, 5.41) is 0. The summed E-state index contributed by atoms with van der Waals surface area (Å²) in [6.07, 6.45) is 3.23. The Morgan fingerprint density at radius 2 is 1.33 bits per heavy atom. The van der Waals surface area contributed by atoms with Crippen LogP contribution in [0.3, 0.4) is 0 Å². The van der Waals surface area contributed by atoms with E-state index in [2.05, 4.69) is 32.0 Å². The smallest absolute Gasteiger partial charge is 0.119 e. The first kappa shape index (κ1) is 20.1. The van der Waals surface area contributed by atoms with Crippen LogP contribution < -0.4 is 9.47 Å². The predicted octanol–water partition coefficient (Wildman–Crippen LogP) is 6.34. The fraction of sp³-hybridized carbons (Fsp3) is 0.455. The van der Waals surface area contributed by atoms with Gasteiger partial charge in [0.1, 0.15) is 11.5 Å². The largest absolute Gasteiger partial charge is 0.491 e. The van der Waals surface area contributed by atoms with Crippen LogP contribution in [0.5, 0.6) is 11.5 Å². The summed E-state index contributed by atoms with van der Waals surface area (Å²) >= 11 is 0. The molecule has 0 spiro atoms. The molecule has 3 rings (SSSR count). The Morgan fingerprint density at radius 1 is 0.833 bits per heavy atom. The Balaban J connectivity index is 0.000000218. The van der Waals surface area contributed by atoms with Crippen molar-refractivity contribution in [3.8, 4) is 11.5 Å². The molecule has 0 aromatic heterocycles. The van der Waals surface area contributed by atoms with E-state index in [0.717, 1.165) is 11.5 Å². The second kappa shape index (κ2) is 10.7. The molecule has 1 aliphatic rings. The highest BCUT2D eigenvalue weighted by Crippen LogP contribution is 2.26. The SMILES string of the molecule is CC.Cc1cccc(OC(C)C)c1.Cc1cccc(OC2CC2)c1. The van der Waals surface area contributed by atoms with Gasteiger partial charge >= 0.3 is 0 Å². The summed E-state index contributed by atoms with van der Waals surface area (Å²) in [6, 6.07) is 16.3. The van der Waals surface area contributed by atoms with Crippen LogP contribution in [0.2, 0.25) is 0 Å². The molecule has 2 aromatic carbocycles. The standard InChI is InChI=1S/C10H12O.C10H14O.C2H6/c1-8-3-2-4-10(7-8)11-9-5-6-9;1-8(2)11-10-6-4-5-9(3)7-10;1-2/h2-4,7,9H,5-6H2,1H3;4-8H,1-3H3;1-2H3. The van der Waals surface area contributed by atoms with E-state index in [-0.39, 0.29) is 6.10 Å². The van der Waals surface area contributed by atoms with Crippen LogP contribution in [0, 0.1) is 13.8 Å². The minimum absolute atomic E-state index is 0.261. The Hall–Kier alpha value is -1.96. The summed E-state index contributed by atoms with van der Waals surface area (Å²) in [6.45, 7) is 12.2. The molecule has 1 saturated carbocycles. The summed E-state index contributed by atoms with van der Waals surface area (Å²) < 4.78 is 11.1. The molecular weight excluding hydrogens is 296 g/mol. The van der Waals surface area contributed by atoms with Crippen molar-refractivity contribution in [1.29, 1.82) is 0 Å². The number of aryl methyl sites for hydroxylation is 2. The molecule has 0 unspecified atom stereocenters. The molecule has 2 heteroatoms. The van der Waals surface area contributed by atoms with Gasteiger partial charge in [0.15, 0.2) is 0 Å². The van der Waals surface area contributed by atoms with E-state index >= 15 is 0 Å². The van der Waals surface area contributed by atoms with Crippen LogP contribution in [-0.2, 0) is 0 Å². The van der Waals surface area contributed by atoms with Gasteiger partial charge in [-0.3, -0.25) is 0 Å². The Labute approximate surface area is 147 Å². The fourth-order valence-electron chi connectivity index (χ4n) is 2.03. The van der Waals surface area contributed by atoms with Crippen LogP contribution in [0.15, 0.2) is 48.5 Å². The second-order valence-corrected chi connectivity index (χ2v) is 6.12. The van der Waals surface area contributed by atoms with Crippen molar-refractivity contribution in [1.82, 2.24) is 0 Å². The summed E-state index contributed by atoms with van der Waals surface area (Å²) in [5.74, 6) is 1.98. The lowest BCUT2D eigenvalue weighted by Gasteiger charge is -2.09. The van der Waals surface area contributed by atoms with Crippen molar-refractivity contribution < 1.29 is 9.47 Å². The highest BCUT2D eigenvalue weighted by molar-refractivity contribution is 5.28. The highest BCUT2D eigenvalue weighted by Gasteiger charge is 2.23. The van der Waals surface area contributed by atoms with Crippen molar-refractivity contribution in [3.63, 3.8) is 0 Å². The van der Waals surface area contributed by atoms with Gasteiger partial charge < -0.3 is 9.47 Å². The van der Waals surface area contributed by atoms with E-state index in [9.17, 15) is 0 Å². The van der Waals surface area contributed by atoms with Crippen molar-refractivity contribution in [2.24, 2.45) is 0 Å². The summed E-state index contributed by atoms with van der Waals surface area (Å²) in [5.41, 5.74) is 2.51. The number of benzene rings is 2. The Kier molecular flexibility index (Phi) is 8.99. The number of rotatable bonds is 4. The maximum Gasteiger partial charge on any atom is 0.119 e. The fourth-order valence-corrected chi connectivity index (χ4v) is 2.03. The van der Waals surface area contributed by atoms with E-state index in [0.29, 0.717) is 6.10 Å². The van der Waals surface area contributed by atoms with Gasteiger partial charge in [0.25, 0.3) is 0 Å². The van der Waals surface area contributed by atoms with E-state index < -0.39 is 0 Å². The minimum atomic E-state index is 0.261. The van der Waals surface area contributed by atoms with E-state index in [4.69, 9.17) is 9.47 Å². The average molecular weight is 328 g/mol. The zero-order chi connectivity index (χ0) is 17.9. The van der Waals surface area contributed by atoms with Crippen LogP contribution in [-0.4, -0.2) is 12.2 Å².